The third kappa shape index (κ3) is 8.16. The Morgan fingerprint density at radius 2 is 2.32 bits per heavy atom. The Balaban J connectivity index is 2.43. The zero-order valence-corrected chi connectivity index (χ0v) is 14.8. The highest BCUT2D eigenvalue weighted by Crippen LogP contribution is 2.19. The lowest BCUT2D eigenvalue weighted by Gasteiger charge is -2.10. The lowest BCUT2D eigenvalue weighted by atomic mass is 10.2. The number of aromatic nitrogens is 2. The SMILES string of the molecule is CNC(=NC#N)NCCCCSc1ncc(CCF)c(NC(=N)N)n1. The van der Waals surface area contributed by atoms with E-state index in [9.17, 15) is 4.39 Å². The van der Waals surface area contributed by atoms with Crippen LogP contribution in [0.15, 0.2) is 16.3 Å². The van der Waals surface area contributed by atoms with Crippen molar-refractivity contribution in [3.05, 3.63) is 11.8 Å². The van der Waals surface area contributed by atoms with Gasteiger partial charge >= 0.3 is 0 Å². The highest BCUT2D eigenvalue weighted by Gasteiger charge is 2.08. The minimum atomic E-state index is -0.529. The fourth-order valence-corrected chi connectivity index (χ4v) is 2.63. The zero-order valence-electron chi connectivity index (χ0n) is 14.0. The summed E-state index contributed by atoms with van der Waals surface area (Å²) in [5.41, 5.74) is 5.91. The number of unbranched alkanes of at least 4 members (excludes halogenated alkanes) is 1. The van der Waals surface area contributed by atoms with Crippen molar-refractivity contribution in [3.8, 4) is 6.19 Å². The molecule has 6 N–H and O–H groups in total. The second-order valence-corrected chi connectivity index (χ2v) is 5.86. The number of rotatable bonds is 9. The van der Waals surface area contributed by atoms with Gasteiger partial charge in [-0.15, -0.1) is 4.99 Å². The van der Waals surface area contributed by atoms with E-state index in [0.29, 0.717) is 29.0 Å². The van der Waals surface area contributed by atoms with E-state index in [2.05, 4.69) is 30.9 Å². The third-order valence-corrected chi connectivity index (χ3v) is 3.90. The molecule has 1 rings (SSSR count). The first-order chi connectivity index (χ1) is 12.1. The zero-order chi connectivity index (χ0) is 18.5. The van der Waals surface area contributed by atoms with Crippen molar-refractivity contribution in [2.45, 2.75) is 24.4 Å². The molecule has 1 aromatic heterocycles. The van der Waals surface area contributed by atoms with Crippen LogP contribution in [0.25, 0.3) is 0 Å². The Bertz CT molecular complexity index is 629. The summed E-state index contributed by atoms with van der Waals surface area (Å²) < 4.78 is 12.5. The Morgan fingerprint density at radius 1 is 1.52 bits per heavy atom. The summed E-state index contributed by atoms with van der Waals surface area (Å²) in [6.45, 7) is 0.161. The van der Waals surface area contributed by atoms with Crippen molar-refractivity contribution in [1.82, 2.24) is 20.6 Å². The number of hydrogen-bond acceptors (Lipinski definition) is 6. The van der Waals surface area contributed by atoms with Crippen LogP contribution in [-0.4, -0.2) is 47.9 Å². The van der Waals surface area contributed by atoms with E-state index in [4.69, 9.17) is 16.4 Å². The molecule has 0 aliphatic carbocycles. The molecule has 0 saturated carbocycles. The predicted octanol–water partition coefficient (Wildman–Crippen LogP) is 0.812. The molecule has 11 heteroatoms. The van der Waals surface area contributed by atoms with Crippen LogP contribution in [0.3, 0.4) is 0 Å². The van der Waals surface area contributed by atoms with E-state index in [1.165, 1.54) is 11.8 Å². The molecule has 9 nitrogen and oxygen atoms in total. The molecule has 1 heterocycles. The maximum atomic E-state index is 12.5. The summed E-state index contributed by atoms with van der Waals surface area (Å²) in [6, 6.07) is 0. The van der Waals surface area contributed by atoms with Crippen LogP contribution < -0.4 is 21.7 Å². The number of alkyl halides is 1. The van der Waals surface area contributed by atoms with Gasteiger partial charge in [0, 0.05) is 37.5 Å². The Morgan fingerprint density at radius 3 is 2.96 bits per heavy atom. The average molecular weight is 367 g/mol. The molecule has 0 aliphatic heterocycles. The minimum absolute atomic E-state index is 0.171. The second kappa shape index (κ2) is 11.9. The van der Waals surface area contributed by atoms with Crippen molar-refractivity contribution in [1.29, 1.82) is 10.7 Å². The second-order valence-electron chi connectivity index (χ2n) is 4.80. The van der Waals surface area contributed by atoms with E-state index >= 15 is 0 Å². The fourth-order valence-electron chi connectivity index (χ4n) is 1.81. The number of nitrogens with one attached hydrogen (secondary N) is 4. The van der Waals surface area contributed by atoms with E-state index in [1.807, 2.05) is 0 Å². The molecule has 136 valence electrons. The van der Waals surface area contributed by atoms with Gasteiger partial charge in [0.2, 0.25) is 12.2 Å². The molecule has 0 radical (unpaired) electrons. The molecule has 25 heavy (non-hydrogen) atoms. The number of thioether (sulfide) groups is 1. The monoisotopic (exact) mass is 367 g/mol. The predicted molar refractivity (Wildman–Crippen MR) is 97.3 cm³/mol. The van der Waals surface area contributed by atoms with Crippen molar-refractivity contribution >= 4 is 29.5 Å². The van der Waals surface area contributed by atoms with Gasteiger partial charge in [-0.1, -0.05) is 11.8 Å². The summed E-state index contributed by atoms with van der Waals surface area (Å²) in [5.74, 6) is 1.37. The molecule has 0 aliphatic rings. The minimum Gasteiger partial charge on any atom is -0.370 e. The quantitative estimate of drug-likeness (QED) is 0.108. The molecule has 0 amide bonds. The molecule has 0 saturated heterocycles. The largest absolute Gasteiger partial charge is 0.370 e. The number of anilines is 1. The van der Waals surface area contributed by atoms with Crippen LogP contribution in [0.2, 0.25) is 0 Å². The van der Waals surface area contributed by atoms with Crippen molar-refractivity contribution in [2.24, 2.45) is 10.7 Å². The van der Waals surface area contributed by atoms with Crippen LogP contribution >= 0.6 is 11.8 Å². The van der Waals surface area contributed by atoms with Gasteiger partial charge in [0.05, 0.1) is 6.67 Å². The van der Waals surface area contributed by atoms with Crippen molar-refractivity contribution in [2.75, 3.05) is 31.3 Å². The van der Waals surface area contributed by atoms with Gasteiger partial charge in [-0.2, -0.15) is 5.26 Å². The molecule has 0 fully saturated rings. The molecule has 0 aromatic carbocycles. The molecule has 0 atom stereocenters. The molecular formula is C14H22FN9S. The first-order valence-electron chi connectivity index (χ1n) is 7.64. The number of nitrogens with zero attached hydrogens (tertiary/aromatic N) is 4. The summed E-state index contributed by atoms with van der Waals surface area (Å²) in [6.07, 6.45) is 5.23. The van der Waals surface area contributed by atoms with Crippen LogP contribution in [0.1, 0.15) is 18.4 Å². The van der Waals surface area contributed by atoms with E-state index in [-0.39, 0.29) is 12.4 Å². The van der Waals surface area contributed by atoms with E-state index in [0.717, 1.165) is 18.6 Å². The molecule has 0 unspecified atom stereocenters. The number of nitriles is 1. The van der Waals surface area contributed by atoms with E-state index in [1.54, 1.807) is 19.4 Å². The van der Waals surface area contributed by atoms with Gasteiger partial charge in [-0.05, 0) is 12.8 Å². The first-order valence-corrected chi connectivity index (χ1v) is 8.63. The van der Waals surface area contributed by atoms with Crippen molar-refractivity contribution < 1.29 is 4.39 Å². The van der Waals surface area contributed by atoms with Crippen LogP contribution in [-0.2, 0) is 6.42 Å². The van der Waals surface area contributed by atoms with Crippen molar-refractivity contribution in [3.63, 3.8) is 0 Å². The number of hydrogen-bond donors (Lipinski definition) is 5. The summed E-state index contributed by atoms with van der Waals surface area (Å²) in [4.78, 5) is 12.1. The van der Waals surface area contributed by atoms with Crippen LogP contribution in [0.5, 0.6) is 0 Å². The molecule has 0 bridgehead atoms. The summed E-state index contributed by atoms with van der Waals surface area (Å²) in [5, 5.41) is 24.7. The number of aliphatic imine (C=N–C) groups is 1. The smallest absolute Gasteiger partial charge is 0.209 e. The van der Waals surface area contributed by atoms with Crippen LogP contribution in [0, 0.1) is 16.9 Å². The maximum absolute atomic E-state index is 12.5. The maximum Gasteiger partial charge on any atom is 0.209 e. The fraction of sp³-hybridized carbons (Fsp3) is 0.500. The van der Waals surface area contributed by atoms with Gasteiger partial charge in [0.25, 0.3) is 0 Å². The molecule has 0 spiro atoms. The van der Waals surface area contributed by atoms with Crippen LogP contribution in [0.4, 0.5) is 10.2 Å². The third-order valence-electron chi connectivity index (χ3n) is 2.95. The number of nitrogens with two attached hydrogens (primary N) is 1. The lowest BCUT2D eigenvalue weighted by molar-refractivity contribution is 0.494. The number of aryl methyl sites for hydroxylation is 1. The Kier molecular flexibility index (Phi) is 9.69. The highest BCUT2D eigenvalue weighted by atomic mass is 32.2. The lowest BCUT2D eigenvalue weighted by Crippen LogP contribution is -2.35. The molecular weight excluding hydrogens is 345 g/mol. The van der Waals surface area contributed by atoms with Gasteiger partial charge in [-0.3, -0.25) is 9.80 Å². The van der Waals surface area contributed by atoms with E-state index < -0.39 is 6.67 Å². The van der Waals surface area contributed by atoms with Gasteiger partial charge in [0.1, 0.15) is 5.82 Å². The Labute approximate surface area is 150 Å². The standard InChI is InChI=1S/C14H22FN9S/c1-19-13(22-9-16)20-6-2-3-7-25-14-21-8-10(4-5-15)11(24-14)23-12(17)18/h8H,2-7H2,1H3,(H2,19,20,22)(H4,17,18,21,23,24). The molecule has 1 aromatic rings. The average Bonchev–Trinajstić information content (AvgIpc) is 2.58. The topological polar surface area (TPSA) is 148 Å². The van der Waals surface area contributed by atoms with Gasteiger partial charge in [-0.25, -0.2) is 9.97 Å². The van der Waals surface area contributed by atoms with Gasteiger partial charge < -0.3 is 21.7 Å². The highest BCUT2D eigenvalue weighted by molar-refractivity contribution is 7.99. The summed E-state index contributed by atoms with van der Waals surface area (Å²) in [7, 11) is 1.69. The first kappa shape index (κ1) is 20.4. The summed E-state index contributed by atoms with van der Waals surface area (Å²) >= 11 is 1.47. The number of guanidine groups is 2. The normalized spacial score (nSPS) is 10.8. The number of halogens is 1. The Hall–Kier alpha value is -2.61. The van der Waals surface area contributed by atoms with Gasteiger partial charge in [0.15, 0.2) is 11.1 Å².